The molecule has 6 heteroatoms. The van der Waals surface area contributed by atoms with Crippen LogP contribution >= 0.6 is 0 Å². The Bertz CT molecular complexity index is 779. The van der Waals surface area contributed by atoms with Crippen molar-refractivity contribution in [3.8, 4) is 17.2 Å². The standard InChI is InChI=1S/C21H26N2O4/c1-3-22-21(24)14-27-19-9-8-15(10-20(19)25-2)12-23-17-11-16-6-4-5-7-18(16)26-13-17/h4-10,17,23H,3,11-14H2,1-2H3,(H,22,24). The highest BCUT2D eigenvalue weighted by molar-refractivity contribution is 5.77. The van der Waals surface area contributed by atoms with E-state index in [1.807, 2.05) is 43.3 Å². The second kappa shape index (κ2) is 9.28. The van der Waals surface area contributed by atoms with E-state index in [2.05, 4.69) is 16.7 Å². The van der Waals surface area contributed by atoms with Crippen molar-refractivity contribution in [3.05, 3.63) is 53.6 Å². The Morgan fingerprint density at radius 3 is 2.89 bits per heavy atom. The Labute approximate surface area is 159 Å². The molecule has 27 heavy (non-hydrogen) atoms. The predicted molar refractivity (Wildman–Crippen MR) is 103 cm³/mol. The molecule has 0 bridgehead atoms. The van der Waals surface area contributed by atoms with Gasteiger partial charge in [0.2, 0.25) is 0 Å². The summed E-state index contributed by atoms with van der Waals surface area (Å²) in [5.74, 6) is 2.00. The summed E-state index contributed by atoms with van der Waals surface area (Å²) in [5, 5.41) is 6.23. The molecule has 1 unspecified atom stereocenters. The molecule has 144 valence electrons. The maximum absolute atomic E-state index is 11.5. The SMILES string of the molecule is CCNC(=O)COc1ccc(CNC2COc3ccccc3C2)cc1OC. The van der Waals surface area contributed by atoms with Gasteiger partial charge in [0, 0.05) is 19.1 Å². The Morgan fingerprint density at radius 1 is 1.22 bits per heavy atom. The lowest BCUT2D eigenvalue weighted by molar-refractivity contribution is -0.123. The van der Waals surface area contributed by atoms with Crippen LogP contribution in [0.25, 0.3) is 0 Å². The fourth-order valence-electron chi connectivity index (χ4n) is 3.05. The van der Waals surface area contributed by atoms with Crippen molar-refractivity contribution < 1.29 is 19.0 Å². The van der Waals surface area contributed by atoms with Gasteiger partial charge in [-0.3, -0.25) is 4.79 Å². The number of hydrogen-bond acceptors (Lipinski definition) is 5. The first-order chi connectivity index (χ1) is 13.2. The van der Waals surface area contributed by atoms with Crippen molar-refractivity contribution in [2.45, 2.75) is 25.9 Å². The van der Waals surface area contributed by atoms with Crippen LogP contribution in [0.3, 0.4) is 0 Å². The summed E-state index contributed by atoms with van der Waals surface area (Å²) in [6, 6.07) is 14.1. The van der Waals surface area contributed by atoms with E-state index in [9.17, 15) is 4.79 Å². The maximum Gasteiger partial charge on any atom is 0.257 e. The number of carbonyl (C=O) groups excluding carboxylic acids is 1. The molecular formula is C21H26N2O4. The van der Waals surface area contributed by atoms with Crippen molar-refractivity contribution in [2.75, 3.05) is 26.9 Å². The molecule has 1 aliphatic heterocycles. The lowest BCUT2D eigenvalue weighted by Crippen LogP contribution is -2.38. The predicted octanol–water partition coefficient (Wildman–Crippen LogP) is 2.30. The third kappa shape index (κ3) is 5.14. The second-order valence-electron chi connectivity index (χ2n) is 6.43. The molecule has 3 rings (SSSR count). The number of fused-ring (bicyclic) bond motifs is 1. The summed E-state index contributed by atoms with van der Waals surface area (Å²) in [7, 11) is 1.59. The average Bonchev–Trinajstić information content (AvgIpc) is 2.71. The Morgan fingerprint density at radius 2 is 2.07 bits per heavy atom. The first-order valence-corrected chi connectivity index (χ1v) is 9.20. The van der Waals surface area contributed by atoms with Gasteiger partial charge in [0.1, 0.15) is 12.4 Å². The number of para-hydroxylation sites is 1. The highest BCUT2D eigenvalue weighted by Crippen LogP contribution is 2.28. The number of hydrogen-bond donors (Lipinski definition) is 2. The van der Waals surface area contributed by atoms with Gasteiger partial charge >= 0.3 is 0 Å². The molecule has 1 atom stereocenters. The van der Waals surface area contributed by atoms with Gasteiger partial charge in [-0.05, 0) is 42.7 Å². The summed E-state index contributed by atoms with van der Waals surface area (Å²) in [4.78, 5) is 11.5. The van der Waals surface area contributed by atoms with E-state index >= 15 is 0 Å². The minimum absolute atomic E-state index is 0.0272. The number of benzene rings is 2. The summed E-state index contributed by atoms with van der Waals surface area (Å²) in [5.41, 5.74) is 2.31. The number of nitrogens with one attached hydrogen (secondary N) is 2. The number of ether oxygens (including phenoxy) is 3. The number of carbonyl (C=O) groups is 1. The van der Waals surface area contributed by atoms with Crippen LogP contribution in [0.15, 0.2) is 42.5 Å². The quantitative estimate of drug-likeness (QED) is 0.746. The van der Waals surface area contributed by atoms with Crippen molar-refractivity contribution in [1.82, 2.24) is 10.6 Å². The smallest absolute Gasteiger partial charge is 0.257 e. The summed E-state index contributed by atoms with van der Waals surface area (Å²) in [6.45, 7) is 3.78. The Balaban J connectivity index is 1.55. The molecule has 0 saturated heterocycles. The van der Waals surface area contributed by atoms with Crippen molar-refractivity contribution >= 4 is 5.91 Å². The van der Waals surface area contributed by atoms with E-state index in [-0.39, 0.29) is 18.6 Å². The first-order valence-electron chi connectivity index (χ1n) is 9.20. The van der Waals surface area contributed by atoms with Crippen molar-refractivity contribution in [1.29, 1.82) is 0 Å². The minimum Gasteiger partial charge on any atom is -0.493 e. The zero-order chi connectivity index (χ0) is 19.1. The van der Waals surface area contributed by atoms with Gasteiger partial charge in [-0.1, -0.05) is 24.3 Å². The fourth-order valence-corrected chi connectivity index (χ4v) is 3.05. The van der Waals surface area contributed by atoms with Crippen LogP contribution in [0.4, 0.5) is 0 Å². The zero-order valence-corrected chi connectivity index (χ0v) is 15.8. The highest BCUT2D eigenvalue weighted by atomic mass is 16.5. The zero-order valence-electron chi connectivity index (χ0n) is 15.8. The van der Waals surface area contributed by atoms with E-state index < -0.39 is 0 Å². The van der Waals surface area contributed by atoms with Crippen LogP contribution < -0.4 is 24.8 Å². The third-order valence-corrected chi connectivity index (χ3v) is 4.43. The van der Waals surface area contributed by atoms with Crippen LogP contribution in [0.1, 0.15) is 18.1 Å². The van der Waals surface area contributed by atoms with E-state index in [1.165, 1.54) is 5.56 Å². The molecule has 2 aromatic rings. The molecule has 2 N–H and O–H groups in total. The summed E-state index contributed by atoms with van der Waals surface area (Å²) in [6.07, 6.45) is 0.945. The number of likely N-dealkylation sites (N-methyl/N-ethyl adjacent to an activating group) is 1. The van der Waals surface area contributed by atoms with Crippen LogP contribution in [0, 0.1) is 0 Å². The van der Waals surface area contributed by atoms with Crippen LogP contribution in [0.2, 0.25) is 0 Å². The van der Waals surface area contributed by atoms with Crippen LogP contribution in [-0.2, 0) is 17.8 Å². The van der Waals surface area contributed by atoms with E-state index in [1.54, 1.807) is 7.11 Å². The molecule has 1 aliphatic rings. The minimum atomic E-state index is -0.150. The topological polar surface area (TPSA) is 68.8 Å². The Hall–Kier alpha value is -2.73. The summed E-state index contributed by atoms with van der Waals surface area (Å²) < 4.78 is 16.8. The van der Waals surface area contributed by atoms with Gasteiger partial charge < -0.3 is 24.8 Å². The van der Waals surface area contributed by atoms with Gasteiger partial charge in [-0.25, -0.2) is 0 Å². The van der Waals surface area contributed by atoms with Crippen molar-refractivity contribution in [2.24, 2.45) is 0 Å². The van der Waals surface area contributed by atoms with Gasteiger partial charge in [0.05, 0.1) is 7.11 Å². The van der Waals surface area contributed by atoms with Crippen molar-refractivity contribution in [3.63, 3.8) is 0 Å². The Kier molecular flexibility index (Phi) is 6.54. The van der Waals surface area contributed by atoms with Gasteiger partial charge in [-0.2, -0.15) is 0 Å². The molecule has 0 fully saturated rings. The lowest BCUT2D eigenvalue weighted by Gasteiger charge is -2.26. The molecule has 1 heterocycles. The maximum atomic E-state index is 11.5. The number of rotatable bonds is 8. The van der Waals surface area contributed by atoms with E-state index in [4.69, 9.17) is 14.2 Å². The van der Waals surface area contributed by atoms with E-state index in [0.29, 0.717) is 31.2 Å². The molecule has 2 aromatic carbocycles. The number of amides is 1. The monoisotopic (exact) mass is 370 g/mol. The first kappa shape index (κ1) is 19.0. The largest absolute Gasteiger partial charge is 0.493 e. The highest BCUT2D eigenvalue weighted by Gasteiger charge is 2.19. The van der Waals surface area contributed by atoms with Gasteiger partial charge in [0.25, 0.3) is 5.91 Å². The molecule has 0 aliphatic carbocycles. The molecule has 0 radical (unpaired) electrons. The number of methoxy groups -OCH3 is 1. The third-order valence-electron chi connectivity index (χ3n) is 4.43. The molecule has 6 nitrogen and oxygen atoms in total. The fraction of sp³-hybridized carbons (Fsp3) is 0.381. The summed E-state index contributed by atoms with van der Waals surface area (Å²) >= 11 is 0. The normalized spacial score (nSPS) is 15.4. The molecule has 1 amide bonds. The molecular weight excluding hydrogens is 344 g/mol. The van der Waals surface area contributed by atoms with Crippen LogP contribution in [-0.4, -0.2) is 38.8 Å². The molecule has 0 spiro atoms. The second-order valence-corrected chi connectivity index (χ2v) is 6.43. The average molecular weight is 370 g/mol. The van der Waals surface area contributed by atoms with Gasteiger partial charge in [-0.15, -0.1) is 0 Å². The van der Waals surface area contributed by atoms with Gasteiger partial charge in [0.15, 0.2) is 18.1 Å². The molecule has 0 aromatic heterocycles. The lowest BCUT2D eigenvalue weighted by atomic mass is 10.0. The van der Waals surface area contributed by atoms with Crippen LogP contribution in [0.5, 0.6) is 17.2 Å². The van der Waals surface area contributed by atoms with E-state index in [0.717, 1.165) is 17.7 Å². The molecule has 0 saturated carbocycles.